The van der Waals surface area contributed by atoms with Gasteiger partial charge in [0.05, 0.1) is 6.61 Å². The Balaban J connectivity index is 1.87. The average molecular weight is 304 g/mol. The molecule has 1 heterocycles. The monoisotopic (exact) mass is 304 g/mol. The lowest BCUT2D eigenvalue weighted by atomic mass is 9.88. The molecule has 0 aliphatic carbocycles. The molecule has 3 nitrogen and oxygen atoms in total. The Bertz CT molecular complexity index is 445. The molecule has 22 heavy (non-hydrogen) atoms. The largest absolute Gasteiger partial charge is 0.380 e. The van der Waals surface area contributed by atoms with Crippen molar-refractivity contribution in [2.45, 2.75) is 34.1 Å². The van der Waals surface area contributed by atoms with Crippen LogP contribution in [-0.2, 0) is 11.2 Å². The molecule has 2 rings (SSSR count). The van der Waals surface area contributed by atoms with Gasteiger partial charge in [-0.2, -0.15) is 0 Å². The molecule has 124 valence electrons. The molecule has 1 aliphatic rings. The number of anilines is 1. The lowest BCUT2D eigenvalue weighted by molar-refractivity contribution is 0.111. The summed E-state index contributed by atoms with van der Waals surface area (Å²) in [7, 11) is 0. The Morgan fingerprint density at radius 2 is 1.82 bits per heavy atom. The summed E-state index contributed by atoms with van der Waals surface area (Å²) < 4.78 is 5.45. The second kappa shape index (κ2) is 7.98. The normalized spacial score (nSPS) is 17.0. The highest BCUT2D eigenvalue weighted by Gasteiger charge is 2.18. The van der Waals surface area contributed by atoms with Gasteiger partial charge >= 0.3 is 0 Å². The molecule has 1 aromatic carbocycles. The number of rotatable bonds is 6. The Hall–Kier alpha value is -1.06. The molecule has 1 aliphatic heterocycles. The first-order valence-electron chi connectivity index (χ1n) is 8.62. The van der Waals surface area contributed by atoms with Gasteiger partial charge in [-0.25, -0.2) is 0 Å². The topological polar surface area (TPSA) is 15.7 Å². The number of ether oxygens (including phenoxy) is 1. The third-order valence-electron chi connectivity index (χ3n) is 4.14. The predicted molar refractivity (Wildman–Crippen MR) is 94.7 cm³/mol. The second-order valence-electron chi connectivity index (χ2n) is 7.43. The zero-order chi connectivity index (χ0) is 16.0. The van der Waals surface area contributed by atoms with Gasteiger partial charge in [0.2, 0.25) is 0 Å². The smallest absolute Gasteiger partial charge is 0.0593 e. The fourth-order valence-corrected chi connectivity index (χ4v) is 3.04. The lowest BCUT2D eigenvalue weighted by Gasteiger charge is -2.36. The fraction of sp³-hybridized carbons (Fsp3) is 0.684. The highest BCUT2D eigenvalue weighted by Crippen LogP contribution is 2.24. The molecular formula is C19H32N2O. The van der Waals surface area contributed by atoms with Crippen molar-refractivity contribution >= 4 is 5.69 Å². The minimum absolute atomic E-state index is 0.344. The molecule has 0 saturated carbocycles. The molecule has 0 atom stereocenters. The molecule has 3 heteroatoms. The zero-order valence-corrected chi connectivity index (χ0v) is 14.8. The van der Waals surface area contributed by atoms with Crippen molar-refractivity contribution in [1.82, 2.24) is 4.90 Å². The van der Waals surface area contributed by atoms with Gasteiger partial charge < -0.3 is 9.64 Å². The van der Waals surface area contributed by atoms with Gasteiger partial charge in [0, 0.05) is 45.0 Å². The summed E-state index contributed by atoms with van der Waals surface area (Å²) in [5, 5.41) is 0. The van der Waals surface area contributed by atoms with E-state index in [1.54, 1.807) is 0 Å². The quantitative estimate of drug-likeness (QED) is 0.749. The summed E-state index contributed by atoms with van der Waals surface area (Å²) in [4.78, 5) is 5.02. The van der Waals surface area contributed by atoms with Crippen molar-refractivity contribution < 1.29 is 4.74 Å². The van der Waals surface area contributed by atoms with E-state index in [0.717, 1.165) is 52.4 Å². The van der Waals surface area contributed by atoms with Gasteiger partial charge in [0.15, 0.2) is 0 Å². The maximum absolute atomic E-state index is 5.45. The molecule has 0 bridgehead atoms. The van der Waals surface area contributed by atoms with Crippen molar-refractivity contribution in [3.05, 3.63) is 29.8 Å². The van der Waals surface area contributed by atoms with Crippen molar-refractivity contribution in [2.75, 3.05) is 50.8 Å². The summed E-state index contributed by atoms with van der Waals surface area (Å²) in [6, 6.07) is 9.09. The van der Waals surface area contributed by atoms with Gasteiger partial charge in [-0.3, -0.25) is 4.90 Å². The van der Waals surface area contributed by atoms with Crippen LogP contribution in [0.5, 0.6) is 0 Å². The summed E-state index contributed by atoms with van der Waals surface area (Å²) in [6.07, 6.45) is 1.13. The number of benzene rings is 1. The van der Waals surface area contributed by atoms with Crippen LogP contribution >= 0.6 is 0 Å². The van der Waals surface area contributed by atoms with Crippen molar-refractivity contribution in [3.63, 3.8) is 0 Å². The number of nitrogens with zero attached hydrogens (tertiary/aromatic N) is 2. The van der Waals surface area contributed by atoms with E-state index >= 15 is 0 Å². The van der Waals surface area contributed by atoms with Gasteiger partial charge in [-0.15, -0.1) is 0 Å². The van der Waals surface area contributed by atoms with Crippen LogP contribution in [0.4, 0.5) is 5.69 Å². The maximum atomic E-state index is 5.45. The van der Waals surface area contributed by atoms with Crippen LogP contribution in [0.15, 0.2) is 24.3 Å². The maximum Gasteiger partial charge on any atom is 0.0593 e. The van der Waals surface area contributed by atoms with Gasteiger partial charge in [-0.05, 0) is 36.5 Å². The summed E-state index contributed by atoms with van der Waals surface area (Å²) in [5.74, 6) is 0. The summed E-state index contributed by atoms with van der Waals surface area (Å²) in [5.41, 5.74) is 3.17. The lowest BCUT2D eigenvalue weighted by Crippen LogP contribution is -2.47. The highest BCUT2D eigenvalue weighted by atomic mass is 16.5. The minimum atomic E-state index is 0.344. The fourth-order valence-electron chi connectivity index (χ4n) is 3.04. The molecule has 1 aromatic rings. The van der Waals surface area contributed by atoms with Gasteiger partial charge in [0.25, 0.3) is 0 Å². The van der Waals surface area contributed by atoms with Crippen LogP contribution in [-0.4, -0.2) is 50.8 Å². The van der Waals surface area contributed by atoms with E-state index in [-0.39, 0.29) is 0 Å². The third kappa shape index (κ3) is 5.62. The molecule has 0 aromatic heterocycles. The first-order chi connectivity index (χ1) is 10.5. The summed E-state index contributed by atoms with van der Waals surface area (Å²) >= 11 is 0. The third-order valence-corrected chi connectivity index (χ3v) is 4.14. The first-order valence-corrected chi connectivity index (χ1v) is 8.62. The Morgan fingerprint density at radius 3 is 2.45 bits per heavy atom. The van der Waals surface area contributed by atoms with E-state index in [1.807, 2.05) is 0 Å². The van der Waals surface area contributed by atoms with Gasteiger partial charge in [-0.1, -0.05) is 32.9 Å². The zero-order valence-electron chi connectivity index (χ0n) is 14.8. The summed E-state index contributed by atoms with van der Waals surface area (Å²) in [6.45, 7) is 16.2. The van der Waals surface area contributed by atoms with Crippen LogP contribution in [0.2, 0.25) is 0 Å². The van der Waals surface area contributed by atoms with Crippen molar-refractivity contribution in [2.24, 2.45) is 5.41 Å². The van der Waals surface area contributed by atoms with E-state index in [4.69, 9.17) is 4.74 Å². The molecule has 0 spiro atoms. The van der Waals surface area contributed by atoms with Crippen LogP contribution in [0.25, 0.3) is 0 Å². The van der Waals surface area contributed by atoms with Crippen LogP contribution in [0.3, 0.4) is 0 Å². The molecule has 0 radical (unpaired) electrons. The Labute approximate surface area is 136 Å². The van der Waals surface area contributed by atoms with Crippen LogP contribution in [0, 0.1) is 5.41 Å². The Morgan fingerprint density at radius 1 is 1.09 bits per heavy atom. The average Bonchev–Trinajstić information content (AvgIpc) is 2.47. The number of piperazine rings is 1. The molecule has 0 amide bonds. The molecular weight excluding hydrogens is 272 g/mol. The molecule has 1 fully saturated rings. The molecule has 0 unspecified atom stereocenters. The highest BCUT2D eigenvalue weighted by molar-refractivity contribution is 5.49. The minimum Gasteiger partial charge on any atom is -0.380 e. The van der Waals surface area contributed by atoms with E-state index < -0.39 is 0 Å². The van der Waals surface area contributed by atoms with Crippen molar-refractivity contribution in [3.8, 4) is 0 Å². The van der Waals surface area contributed by atoms with Gasteiger partial charge in [0.1, 0.15) is 0 Å². The number of hydrogen-bond donors (Lipinski definition) is 0. The first kappa shape index (κ1) is 17.3. The number of hydrogen-bond acceptors (Lipinski definition) is 3. The second-order valence-corrected chi connectivity index (χ2v) is 7.43. The van der Waals surface area contributed by atoms with Crippen molar-refractivity contribution in [1.29, 1.82) is 0 Å². The van der Waals surface area contributed by atoms with E-state index in [1.165, 1.54) is 11.3 Å². The van der Waals surface area contributed by atoms with E-state index in [2.05, 4.69) is 61.8 Å². The molecule has 1 saturated heterocycles. The Kier molecular flexibility index (Phi) is 6.27. The van der Waals surface area contributed by atoms with Crippen LogP contribution in [0.1, 0.15) is 33.3 Å². The standard InChI is InChI=1S/C19H32N2O/c1-5-22-14-13-20-9-11-21(12-10-20)18-8-6-7-17(15-18)16-19(2,3)4/h6-8,15H,5,9-14,16H2,1-4H3. The van der Waals surface area contributed by atoms with E-state index in [0.29, 0.717) is 5.41 Å². The van der Waals surface area contributed by atoms with E-state index in [9.17, 15) is 0 Å². The van der Waals surface area contributed by atoms with Crippen LogP contribution < -0.4 is 4.90 Å². The SMILES string of the molecule is CCOCCN1CCN(c2cccc(CC(C)(C)C)c2)CC1. The predicted octanol–water partition coefficient (Wildman–Crippen LogP) is 3.43. The molecule has 0 N–H and O–H groups in total.